The molecule has 7 heteroatoms. The molecular formula is C19H26N4O2S. The third kappa shape index (κ3) is 3.42. The number of anilines is 1. The Bertz CT molecular complexity index is 779. The van der Waals surface area contributed by atoms with Gasteiger partial charge in [-0.3, -0.25) is 4.79 Å². The van der Waals surface area contributed by atoms with Crippen LogP contribution in [0.3, 0.4) is 0 Å². The lowest BCUT2D eigenvalue weighted by Crippen LogP contribution is -2.41. The number of aromatic nitrogens is 2. The standard InChI is InChI=1S/C19H26N4O2S/c1-13-11-26-17-16(13)20-12-21-18(17)23-6-3-14(4-7-23)9-22(2)19(24)15-5-8-25-10-15/h11-12,14-15H,3-10H2,1-2H3. The maximum absolute atomic E-state index is 12.5. The summed E-state index contributed by atoms with van der Waals surface area (Å²) in [7, 11) is 1.94. The first-order valence-electron chi connectivity index (χ1n) is 9.40. The molecular weight excluding hydrogens is 348 g/mol. The molecule has 0 aromatic carbocycles. The number of aryl methyl sites for hydroxylation is 1. The van der Waals surface area contributed by atoms with Gasteiger partial charge in [0.05, 0.1) is 22.7 Å². The average Bonchev–Trinajstić information content (AvgIpc) is 3.32. The molecule has 1 amide bonds. The maximum atomic E-state index is 12.5. The van der Waals surface area contributed by atoms with E-state index in [1.165, 1.54) is 10.3 Å². The van der Waals surface area contributed by atoms with Gasteiger partial charge in [-0.2, -0.15) is 0 Å². The van der Waals surface area contributed by atoms with Crippen LogP contribution in [0.2, 0.25) is 0 Å². The van der Waals surface area contributed by atoms with Crippen LogP contribution in [-0.2, 0) is 9.53 Å². The third-order valence-corrected chi connectivity index (χ3v) is 6.70. The van der Waals surface area contributed by atoms with Crippen LogP contribution in [0.4, 0.5) is 5.82 Å². The molecule has 2 saturated heterocycles. The fourth-order valence-corrected chi connectivity index (χ4v) is 5.05. The molecule has 6 nitrogen and oxygen atoms in total. The van der Waals surface area contributed by atoms with E-state index >= 15 is 0 Å². The number of hydrogen-bond donors (Lipinski definition) is 0. The number of hydrogen-bond acceptors (Lipinski definition) is 6. The summed E-state index contributed by atoms with van der Waals surface area (Å²) in [4.78, 5) is 25.8. The zero-order valence-corrected chi connectivity index (χ0v) is 16.3. The lowest BCUT2D eigenvalue weighted by Gasteiger charge is -2.35. The van der Waals surface area contributed by atoms with E-state index in [1.807, 2.05) is 11.9 Å². The summed E-state index contributed by atoms with van der Waals surface area (Å²) in [6.07, 6.45) is 4.73. The highest BCUT2D eigenvalue weighted by Gasteiger charge is 2.29. The predicted molar refractivity (Wildman–Crippen MR) is 104 cm³/mol. The molecule has 2 aromatic heterocycles. The van der Waals surface area contributed by atoms with Crippen molar-refractivity contribution in [2.24, 2.45) is 11.8 Å². The summed E-state index contributed by atoms with van der Waals surface area (Å²) in [5.41, 5.74) is 2.30. The van der Waals surface area contributed by atoms with Gasteiger partial charge in [-0.05, 0) is 43.0 Å². The first-order valence-corrected chi connectivity index (χ1v) is 10.3. The molecule has 0 radical (unpaired) electrons. The van der Waals surface area contributed by atoms with Gasteiger partial charge in [0.1, 0.15) is 12.1 Å². The quantitative estimate of drug-likeness (QED) is 0.824. The molecule has 0 aliphatic carbocycles. The smallest absolute Gasteiger partial charge is 0.227 e. The molecule has 0 spiro atoms. The largest absolute Gasteiger partial charge is 0.381 e. The Morgan fingerprint density at radius 3 is 2.88 bits per heavy atom. The van der Waals surface area contributed by atoms with Crippen LogP contribution >= 0.6 is 11.3 Å². The molecule has 0 bridgehead atoms. The number of fused-ring (bicyclic) bond motifs is 1. The molecule has 2 aliphatic rings. The number of nitrogens with zero attached hydrogens (tertiary/aromatic N) is 4. The molecule has 26 heavy (non-hydrogen) atoms. The molecule has 4 heterocycles. The van der Waals surface area contributed by atoms with Gasteiger partial charge in [0.25, 0.3) is 0 Å². The summed E-state index contributed by atoms with van der Waals surface area (Å²) >= 11 is 1.73. The second kappa shape index (κ2) is 7.48. The Balaban J connectivity index is 1.35. The normalized spacial score (nSPS) is 21.5. The van der Waals surface area contributed by atoms with Crippen LogP contribution in [0.5, 0.6) is 0 Å². The van der Waals surface area contributed by atoms with Gasteiger partial charge in [-0.1, -0.05) is 0 Å². The molecule has 2 aromatic rings. The number of ether oxygens (including phenoxy) is 1. The van der Waals surface area contributed by atoms with Gasteiger partial charge >= 0.3 is 0 Å². The highest BCUT2D eigenvalue weighted by molar-refractivity contribution is 7.18. The van der Waals surface area contributed by atoms with E-state index in [4.69, 9.17) is 4.74 Å². The Morgan fingerprint density at radius 1 is 1.35 bits per heavy atom. The molecule has 2 fully saturated rings. The van der Waals surface area contributed by atoms with Crippen LogP contribution in [0.25, 0.3) is 10.2 Å². The minimum Gasteiger partial charge on any atom is -0.381 e. The SMILES string of the molecule is Cc1csc2c(N3CCC(CN(C)C(=O)C4CCOC4)CC3)ncnc12. The lowest BCUT2D eigenvalue weighted by molar-refractivity contribution is -0.134. The number of piperidine rings is 1. The monoisotopic (exact) mass is 374 g/mol. The Kier molecular flexibility index (Phi) is 5.09. The molecule has 0 saturated carbocycles. The number of carbonyl (C=O) groups excluding carboxylic acids is 1. The number of carbonyl (C=O) groups is 1. The maximum Gasteiger partial charge on any atom is 0.227 e. The van der Waals surface area contributed by atoms with Crippen LogP contribution < -0.4 is 4.90 Å². The fraction of sp³-hybridized carbons (Fsp3) is 0.632. The van der Waals surface area contributed by atoms with Gasteiger partial charge in [-0.25, -0.2) is 9.97 Å². The van der Waals surface area contributed by atoms with Gasteiger partial charge in [-0.15, -0.1) is 11.3 Å². The van der Waals surface area contributed by atoms with Gasteiger partial charge in [0.15, 0.2) is 0 Å². The average molecular weight is 375 g/mol. The fourth-order valence-electron chi connectivity index (χ4n) is 4.03. The van der Waals surface area contributed by atoms with Crippen molar-refractivity contribution >= 4 is 33.3 Å². The van der Waals surface area contributed by atoms with Crippen LogP contribution in [-0.4, -0.2) is 60.7 Å². The van der Waals surface area contributed by atoms with Crippen molar-refractivity contribution in [3.8, 4) is 0 Å². The molecule has 1 unspecified atom stereocenters. The van der Waals surface area contributed by atoms with Crippen molar-refractivity contribution in [1.29, 1.82) is 0 Å². The van der Waals surface area contributed by atoms with E-state index in [2.05, 4.69) is 27.2 Å². The molecule has 4 rings (SSSR count). The van der Waals surface area contributed by atoms with Gasteiger partial charge in [0, 0.05) is 33.3 Å². The molecule has 140 valence electrons. The van der Waals surface area contributed by atoms with Crippen molar-refractivity contribution in [1.82, 2.24) is 14.9 Å². The van der Waals surface area contributed by atoms with E-state index in [-0.39, 0.29) is 11.8 Å². The summed E-state index contributed by atoms with van der Waals surface area (Å²) in [6.45, 7) is 6.24. The highest BCUT2D eigenvalue weighted by atomic mass is 32.1. The van der Waals surface area contributed by atoms with Gasteiger partial charge in [0.2, 0.25) is 5.91 Å². The predicted octanol–water partition coefficient (Wildman–Crippen LogP) is 2.71. The van der Waals surface area contributed by atoms with Crippen molar-refractivity contribution in [2.45, 2.75) is 26.2 Å². The minimum absolute atomic E-state index is 0.0662. The van der Waals surface area contributed by atoms with Crippen molar-refractivity contribution < 1.29 is 9.53 Å². The molecule has 1 atom stereocenters. The Hall–Kier alpha value is -1.73. The molecule has 0 N–H and O–H groups in total. The van der Waals surface area contributed by atoms with Crippen molar-refractivity contribution in [2.75, 3.05) is 44.8 Å². The van der Waals surface area contributed by atoms with Crippen molar-refractivity contribution in [3.05, 3.63) is 17.3 Å². The number of amides is 1. The Morgan fingerprint density at radius 2 is 2.15 bits per heavy atom. The zero-order chi connectivity index (χ0) is 18.1. The summed E-state index contributed by atoms with van der Waals surface area (Å²) in [6, 6.07) is 0. The van der Waals surface area contributed by atoms with E-state index in [1.54, 1.807) is 17.7 Å². The number of thiophene rings is 1. The topological polar surface area (TPSA) is 58.6 Å². The zero-order valence-electron chi connectivity index (χ0n) is 15.5. The number of rotatable bonds is 4. The summed E-state index contributed by atoms with van der Waals surface area (Å²) in [5.74, 6) is 1.94. The van der Waals surface area contributed by atoms with Crippen LogP contribution in [0.15, 0.2) is 11.7 Å². The summed E-state index contributed by atoms with van der Waals surface area (Å²) < 4.78 is 6.54. The molecule has 2 aliphatic heterocycles. The Labute approximate surface area is 158 Å². The van der Waals surface area contributed by atoms with E-state index in [9.17, 15) is 4.79 Å². The van der Waals surface area contributed by atoms with Crippen molar-refractivity contribution in [3.63, 3.8) is 0 Å². The lowest BCUT2D eigenvalue weighted by atomic mass is 9.95. The van der Waals surface area contributed by atoms with Crippen LogP contribution in [0.1, 0.15) is 24.8 Å². The second-order valence-electron chi connectivity index (χ2n) is 7.50. The van der Waals surface area contributed by atoms with E-state index in [0.717, 1.165) is 56.8 Å². The van der Waals surface area contributed by atoms with Gasteiger partial charge < -0.3 is 14.5 Å². The van der Waals surface area contributed by atoms with Crippen LogP contribution in [0, 0.1) is 18.8 Å². The first-order chi connectivity index (χ1) is 12.6. The third-order valence-electron chi connectivity index (χ3n) is 5.61. The first kappa shape index (κ1) is 17.7. The second-order valence-corrected chi connectivity index (χ2v) is 8.38. The van der Waals surface area contributed by atoms with E-state index in [0.29, 0.717) is 12.5 Å². The van der Waals surface area contributed by atoms with E-state index < -0.39 is 0 Å². The highest BCUT2D eigenvalue weighted by Crippen LogP contribution is 2.33. The minimum atomic E-state index is 0.0662. The summed E-state index contributed by atoms with van der Waals surface area (Å²) in [5, 5.41) is 2.16.